The van der Waals surface area contributed by atoms with E-state index in [0.29, 0.717) is 29.8 Å². The molecular formula is C14H26N6O. The number of anilines is 3. The molecule has 0 aromatic carbocycles. The number of nitrogens with one attached hydrogen (secondary N) is 2. The third-order valence-corrected chi connectivity index (χ3v) is 3.44. The van der Waals surface area contributed by atoms with Crippen molar-refractivity contribution in [2.45, 2.75) is 38.7 Å². The minimum Gasteiger partial charge on any atom is -0.393 e. The Morgan fingerprint density at radius 3 is 2.67 bits per heavy atom. The van der Waals surface area contributed by atoms with Gasteiger partial charge in [-0.05, 0) is 12.8 Å². The van der Waals surface area contributed by atoms with E-state index in [4.69, 9.17) is 16.2 Å². The Hall–Kier alpha value is -1.60. The predicted octanol–water partition coefficient (Wildman–Crippen LogP) is 0.945. The molecule has 3 rings (SSSR count). The molecule has 0 radical (unpaired) electrons. The van der Waals surface area contributed by atoms with Gasteiger partial charge in [0.05, 0.1) is 12.7 Å². The zero-order valence-electron chi connectivity index (χ0n) is 12.9. The molecule has 0 amide bonds. The van der Waals surface area contributed by atoms with Crippen LogP contribution in [0.4, 0.5) is 17.3 Å². The van der Waals surface area contributed by atoms with E-state index in [0.717, 1.165) is 38.4 Å². The van der Waals surface area contributed by atoms with Gasteiger partial charge >= 0.3 is 0 Å². The molecule has 6 N–H and O–H groups in total. The van der Waals surface area contributed by atoms with E-state index in [1.54, 1.807) is 0 Å². The first-order valence-corrected chi connectivity index (χ1v) is 7.73. The molecule has 0 spiro atoms. The average Bonchev–Trinajstić information content (AvgIpc) is 3.36. The van der Waals surface area contributed by atoms with Crippen LogP contribution >= 0.6 is 0 Å². The zero-order valence-corrected chi connectivity index (χ0v) is 12.9. The molecule has 2 heterocycles. The van der Waals surface area contributed by atoms with Crippen LogP contribution < -0.4 is 22.1 Å². The second-order valence-electron chi connectivity index (χ2n) is 5.08. The topological polar surface area (TPSA) is 111 Å². The van der Waals surface area contributed by atoms with Gasteiger partial charge in [0, 0.05) is 25.6 Å². The highest BCUT2D eigenvalue weighted by atomic mass is 16.5. The highest BCUT2D eigenvalue weighted by Gasteiger charge is 2.28. The van der Waals surface area contributed by atoms with E-state index < -0.39 is 0 Å². The van der Waals surface area contributed by atoms with E-state index in [1.165, 1.54) is 0 Å². The lowest BCUT2D eigenvalue weighted by molar-refractivity contribution is 0.0372. The maximum absolute atomic E-state index is 5.92. The number of rotatable bonds is 4. The van der Waals surface area contributed by atoms with Gasteiger partial charge in [-0.3, -0.25) is 0 Å². The molecule has 1 aliphatic carbocycles. The molecule has 118 valence electrons. The van der Waals surface area contributed by atoms with Crippen molar-refractivity contribution in [1.29, 1.82) is 0 Å². The van der Waals surface area contributed by atoms with Gasteiger partial charge in [0.2, 0.25) is 0 Å². The summed E-state index contributed by atoms with van der Waals surface area (Å²) in [6.45, 7) is 7.15. The van der Waals surface area contributed by atoms with Crippen molar-refractivity contribution < 1.29 is 4.74 Å². The summed E-state index contributed by atoms with van der Waals surface area (Å²) >= 11 is 0. The Balaban J connectivity index is 0.000000774. The molecule has 1 saturated carbocycles. The van der Waals surface area contributed by atoms with Gasteiger partial charge in [0.25, 0.3) is 0 Å². The lowest BCUT2D eigenvalue weighted by Gasteiger charge is -2.24. The number of nitrogens with zero attached hydrogens (tertiary/aromatic N) is 2. The fourth-order valence-corrected chi connectivity index (χ4v) is 2.12. The van der Waals surface area contributed by atoms with Crippen LogP contribution in [-0.2, 0) is 4.74 Å². The lowest BCUT2D eigenvalue weighted by Crippen LogP contribution is -2.42. The fourth-order valence-electron chi connectivity index (χ4n) is 2.12. The maximum atomic E-state index is 5.92. The van der Waals surface area contributed by atoms with Crippen LogP contribution in [0, 0.1) is 0 Å². The Morgan fingerprint density at radius 1 is 1.29 bits per heavy atom. The summed E-state index contributed by atoms with van der Waals surface area (Å²) in [6.07, 6.45) is 2.41. The van der Waals surface area contributed by atoms with Gasteiger partial charge in [-0.15, -0.1) is 0 Å². The summed E-state index contributed by atoms with van der Waals surface area (Å²) in [6, 6.07) is 0. The van der Waals surface area contributed by atoms with E-state index in [2.05, 4.69) is 20.6 Å². The van der Waals surface area contributed by atoms with Crippen molar-refractivity contribution in [2.75, 3.05) is 43.0 Å². The number of ether oxygens (including phenoxy) is 1. The molecule has 1 atom stereocenters. The van der Waals surface area contributed by atoms with Gasteiger partial charge < -0.3 is 26.8 Å². The second kappa shape index (κ2) is 7.42. The van der Waals surface area contributed by atoms with Crippen LogP contribution in [0.15, 0.2) is 0 Å². The molecule has 2 fully saturated rings. The van der Waals surface area contributed by atoms with Crippen molar-refractivity contribution in [3.8, 4) is 0 Å². The van der Waals surface area contributed by atoms with Crippen molar-refractivity contribution in [1.82, 2.24) is 15.3 Å². The molecule has 7 nitrogen and oxygen atoms in total. The van der Waals surface area contributed by atoms with Crippen LogP contribution in [0.5, 0.6) is 0 Å². The molecule has 21 heavy (non-hydrogen) atoms. The van der Waals surface area contributed by atoms with Gasteiger partial charge in [0.1, 0.15) is 11.5 Å². The van der Waals surface area contributed by atoms with Crippen molar-refractivity contribution in [3.63, 3.8) is 0 Å². The van der Waals surface area contributed by atoms with Crippen LogP contribution in [0.2, 0.25) is 0 Å². The molecule has 1 aromatic heterocycles. The van der Waals surface area contributed by atoms with Gasteiger partial charge in [-0.2, -0.15) is 0 Å². The highest BCUT2D eigenvalue weighted by Crippen LogP contribution is 2.39. The van der Waals surface area contributed by atoms with Crippen LogP contribution in [0.3, 0.4) is 0 Å². The summed E-state index contributed by atoms with van der Waals surface area (Å²) in [4.78, 5) is 8.72. The third kappa shape index (κ3) is 4.18. The van der Waals surface area contributed by atoms with Crippen molar-refractivity contribution in [3.05, 3.63) is 5.82 Å². The van der Waals surface area contributed by atoms with Crippen LogP contribution in [0.25, 0.3) is 0 Å². The van der Waals surface area contributed by atoms with Crippen LogP contribution in [-0.4, -0.2) is 42.3 Å². The first-order valence-electron chi connectivity index (χ1n) is 7.73. The predicted molar refractivity (Wildman–Crippen MR) is 85.3 cm³/mol. The number of hydrogen-bond acceptors (Lipinski definition) is 7. The fraction of sp³-hybridized carbons (Fsp3) is 0.714. The lowest BCUT2D eigenvalue weighted by atomic mass is 10.3. The largest absolute Gasteiger partial charge is 0.393 e. The summed E-state index contributed by atoms with van der Waals surface area (Å²) in [7, 11) is 0. The summed E-state index contributed by atoms with van der Waals surface area (Å²) in [5, 5.41) is 6.51. The van der Waals surface area contributed by atoms with Crippen molar-refractivity contribution in [2.24, 2.45) is 0 Å². The standard InChI is InChI=1S/C12H20N6O.C2H6/c13-9-10(14)17-11(7-1-2-7)18-12(9)16-6-8-5-15-3-4-19-8;1-2/h7-8,15H,1-6,13H2,(H3,14,16,17,18);1-2H3. The summed E-state index contributed by atoms with van der Waals surface area (Å²) in [5.41, 5.74) is 12.2. The van der Waals surface area contributed by atoms with Gasteiger partial charge in [0.15, 0.2) is 11.6 Å². The molecule has 1 unspecified atom stereocenters. The molecule has 1 aliphatic heterocycles. The Kier molecular flexibility index (Phi) is 5.58. The summed E-state index contributed by atoms with van der Waals surface area (Å²) < 4.78 is 5.62. The second-order valence-corrected chi connectivity index (χ2v) is 5.08. The molecule has 2 aliphatic rings. The highest BCUT2D eigenvalue weighted by molar-refractivity contribution is 5.72. The SMILES string of the molecule is CC.Nc1nc(C2CC2)nc(NCC2CNCCO2)c1N. The van der Waals surface area contributed by atoms with E-state index >= 15 is 0 Å². The van der Waals surface area contributed by atoms with E-state index in [1.807, 2.05) is 13.8 Å². The number of hydrogen-bond donors (Lipinski definition) is 4. The minimum absolute atomic E-state index is 0.133. The van der Waals surface area contributed by atoms with Gasteiger partial charge in [-0.25, -0.2) is 9.97 Å². The third-order valence-electron chi connectivity index (χ3n) is 3.44. The summed E-state index contributed by atoms with van der Waals surface area (Å²) in [5.74, 6) is 2.25. The molecule has 7 heteroatoms. The maximum Gasteiger partial charge on any atom is 0.155 e. The zero-order chi connectivity index (χ0) is 15.2. The average molecular weight is 294 g/mol. The number of nitrogens with two attached hydrogens (primary N) is 2. The van der Waals surface area contributed by atoms with Gasteiger partial charge in [-0.1, -0.05) is 13.8 Å². The first kappa shape index (κ1) is 15.8. The monoisotopic (exact) mass is 294 g/mol. The van der Waals surface area contributed by atoms with E-state index in [-0.39, 0.29) is 6.10 Å². The van der Waals surface area contributed by atoms with E-state index in [9.17, 15) is 0 Å². The number of nitrogen functional groups attached to an aromatic ring is 2. The molecule has 1 saturated heterocycles. The minimum atomic E-state index is 0.133. The first-order chi connectivity index (χ1) is 10.2. The quantitative estimate of drug-likeness (QED) is 0.654. The number of morpholine rings is 1. The van der Waals surface area contributed by atoms with Crippen molar-refractivity contribution >= 4 is 17.3 Å². The smallest absolute Gasteiger partial charge is 0.155 e. The molecule has 1 aromatic rings. The Labute approximate surface area is 125 Å². The van der Waals surface area contributed by atoms with Crippen LogP contribution in [0.1, 0.15) is 38.4 Å². The molecular weight excluding hydrogens is 268 g/mol. The Bertz CT molecular complexity index is 457. The Morgan fingerprint density at radius 2 is 2.05 bits per heavy atom. The number of aromatic nitrogens is 2. The normalized spacial score (nSPS) is 21.3. The molecule has 0 bridgehead atoms.